The van der Waals surface area contributed by atoms with Crippen molar-refractivity contribution in [3.8, 4) is 0 Å². The molecular formula is C49H76N10O10S. The van der Waals surface area contributed by atoms with Gasteiger partial charge in [-0.25, -0.2) is 8.42 Å². The number of amides is 6. The number of likely N-dealkylation sites (N-methyl/N-ethyl adjacent to an activating group) is 1. The van der Waals surface area contributed by atoms with Crippen molar-refractivity contribution in [3.05, 3.63) is 59.9 Å². The van der Waals surface area contributed by atoms with E-state index < -0.39 is 81.7 Å². The number of aryl methyl sites for hydroxylation is 1. The molecule has 4 rings (SSSR count). The van der Waals surface area contributed by atoms with Gasteiger partial charge >= 0.3 is 0 Å². The first kappa shape index (κ1) is 57.0. The lowest BCUT2D eigenvalue weighted by molar-refractivity contribution is -0.146. The number of amidine groups is 1. The minimum atomic E-state index is -4.20. The molecule has 0 bridgehead atoms. The Morgan fingerprint density at radius 2 is 1.60 bits per heavy atom. The third-order valence-electron chi connectivity index (χ3n) is 13.2. The minimum absolute atomic E-state index is 0.0167. The monoisotopic (exact) mass is 997 g/mol. The number of hydrogen-bond acceptors (Lipinski definition) is 13. The van der Waals surface area contributed by atoms with E-state index in [9.17, 15) is 37.2 Å². The molecule has 0 saturated carbocycles. The second-order valence-electron chi connectivity index (χ2n) is 19.3. The highest BCUT2D eigenvalue weighted by atomic mass is 32.2. The van der Waals surface area contributed by atoms with Gasteiger partial charge in [0.1, 0.15) is 23.6 Å². The number of ether oxygens (including phenoxy) is 2. The molecule has 0 radical (unpaired) electrons. The summed E-state index contributed by atoms with van der Waals surface area (Å²) in [5, 5.41) is 10.7. The fourth-order valence-electron chi connectivity index (χ4n) is 9.25. The van der Waals surface area contributed by atoms with Crippen LogP contribution in [0.1, 0.15) is 91.8 Å². The Morgan fingerprint density at radius 3 is 2.17 bits per heavy atom. The number of carbonyl (C=O) groups excluding carboxylic acids is 6. The van der Waals surface area contributed by atoms with Crippen LogP contribution in [0.25, 0.3) is 0 Å². The van der Waals surface area contributed by atoms with E-state index in [1.54, 1.807) is 61.2 Å². The number of benzene rings is 1. The molecular weight excluding hydrogens is 921 g/mol. The molecule has 0 aliphatic carbocycles. The molecule has 1 fully saturated rings. The molecule has 388 valence electrons. The zero-order valence-electron chi connectivity index (χ0n) is 43.0. The molecule has 2 aliphatic heterocycles. The van der Waals surface area contributed by atoms with Gasteiger partial charge in [0.05, 0.1) is 55.1 Å². The Labute approximate surface area is 414 Å². The third kappa shape index (κ3) is 15.2. The number of methoxy groups -OCH3 is 2. The lowest BCUT2D eigenvalue weighted by atomic mass is 9.89. The normalized spacial score (nSPS) is 18.4. The van der Waals surface area contributed by atoms with Crippen LogP contribution in [0.4, 0.5) is 0 Å². The minimum Gasteiger partial charge on any atom is -0.379 e. The van der Waals surface area contributed by atoms with E-state index in [1.807, 2.05) is 60.5 Å². The summed E-state index contributed by atoms with van der Waals surface area (Å²) in [7, 11) is 4.40. The molecule has 70 heavy (non-hydrogen) atoms. The van der Waals surface area contributed by atoms with Gasteiger partial charge in [-0.3, -0.25) is 48.1 Å². The predicted octanol–water partition coefficient (Wildman–Crippen LogP) is 2.83. The molecule has 6 amide bonds. The van der Waals surface area contributed by atoms with Gasteiger partial charge in [0.2, 0.25) is 27.7 Å². The Hall–Kier alpha value is -5.54. The van der Waals surface area contributed by atoms with Crippen molar-refractivity contribution >= 4 is 51.3 Å². The van der Waals surface area contributed by atoms with E-state index in [-0.39, 0.29) is 61.9 Å². The number of hydrogen-bond donors (Lipinski definition) is 2. The van der Waals surface area contributed by atoms with Gasteiger partial charge < -0.3 is 29.5 Å². The topological polar surface area (TPSA) is 235 Å². The smallest absolute Gasteiger partial charge is 0.256 e. The molecule has 2 aromatic rings. The van der Waals surface area contributed by atoms with Gasteiger partial charge in [-0.05, 0) is 36.7 Å². The number of aliphatic imine (C=N–C) groups is 1. The van der Waals surface area contributed by atoms with Crippen LogP contribution in [0.15, 0.2) is 53.7 Å². The third-order valence-corrected chi connectivity index (χ3v) is 14.5. The Morgan fingerprint density at radius 1 is 0.943 bits per heavy atom. The van der Waals surface area contributed by atoms with Gasteiger partial charge in [0.15, 0.2) is 0 Å². The zero-order chi connectivity index (χ0) is 52.0. The van der Waals surface area contributed by atoms with Gasteiger partial charge in [0.25, 0.3) is 17.7 Å². The summed E-state index contributed by atoms with van der Waals surface area (Å²) in [5.41, 5.74) is 1.01. The molecule has 2 N–H and O–H groups in total. The Bertz CT molecular complexity index is 2260. The summed E-state index contributed by atoms with van der Waals surface area (Å²) >= 11 is 0. The van der Waals surface area contributed by atoms with Crippen molar-refractivity contribution < 1.29 is 46.7 Å². The second-order valence-corrected chi connectivity index (χ2v) is 21.1. The maximum absolute atomic E-state index is 14.4. The van der Waals surface area contributed by atoms with E-state index in [0.29, 0.717) is 30.6 Å². The first-order chi connectivity index (χ1) is 33.0. The number of rotatable bonds is 26. The molecule has 2 aliphatic rings. The summed E-state index contributed by atoms with van der Waals surface area (Å²) in [6.45, 7) is 14.2. The van der Waals surface area contributed by atoms with Crippen molar-refractivity contribution in [2.24, 2.45) is 28.7 Å². The standard InChI is InChI=1S/C49H76N10O10S/c1-13-33(6)44(56(10)49(65)43(31(2)3)51-46(32(4)5)55(8)9)39(68-11)28-42(62)58-25-17-21-38(58)45(69-12)34(7)47(63)50-37(27-35-19-15-14-16-20-35)48(64)53-70(66,67)26-18-24-57-29-36(52-54-57)30-59-40(60)22-23-41(59)61/h14-16,19-20,22-23,29,31-34,37-39,43-45H,13,17-18,21,24-28,30H2,1-12H3,(H,50,63)(H,53,64)/b51-46+/t33-,34+,37-,38?,39+,43-,44-,45+/m0/s1. The number of nitrogens with one attached hydrogen (secondary N) is 2. The quantitative estimate of drug-likeness (QED) is 0.0785. The van der Waals surface area contributed by atoms with E-state index in [1.165, 1.54) is 18.0 Å². The van der Waals surface area contributed by atoms with Gasteiger partial charge in [-0.2, -0.15) is 0 Å². The van der Waals surface area contributed by atoms with Crippen molar-refractivity contribution in [2.45, 2.75) is 136 Å². The second kappa shape index (κ2) is 26.1. The average molecular weight is 997 g/mol. The van der Waals surface area contributed by atoms with Gasteiger partial charge in [0, 0.05) is 72.9 Å². The van der Waals surface area contributed by atoms with Crippen molar-refractivity contribution in [3.63, 3.8) is 0 Å². The summed E-state index contributed by atoms with van der Waals surface area (Å²) in [4.78, 5) is 92.0. The van der Waals surface area contributed by atoms with E-state index >= 15 is 0 Å². The maximum atomic E-state index is 14.4. The maximum Gasteiger partial charge on any atom is 0.256 e. The largest absolute Gasteiger partial charge is 0.379 e. The highest BCUT2D eigenvalue weighted by Gasteiger charge is 2.43. The summed E-state index contributed by atoms with van der Waals surface area (Å²) in [5.74, 6) is -3.38. The molecule has 1 aromatic carbocycles. The SMILES string of the molecule is CC[C@H](C)[C@@H]([C@@H](CC(=O)N1CCCC1[C@H](OC)[C@@H](C)C(=O)N[C@@H](Cc1ccccc1)C(=O)NS(=O)(=O)CCCn1cc(CN2C(=O)C=CC2=O)nn1)OC)N(C)C(=O)[C@@H](/N=C(\C(C)C)N(C)C)C(C)C. The van der Waals surface area contributed by atoms with Crippen LogP contribution in [0.5, 0.6) is 0 Å². The lowest BCUT2D eigenvalue weighted by Crippen LogP contribution is -2.56. The number of aromatic nitrogens is 3. The molecule has 1 saturated heterocycles. The molecule has 1 aromatic heterocycles. The summed E-state index contributed by atoms with van der Waals surface area (Å²) in [6.07, 6.45) is 4.27. The van der Waals surface area contributed by atoms with Crippen LogP contribution in [0.2, 0.25) is 0 Å². The van der Waals surface area contributed by atoms with E-state index in [0.717, 1.165) is 29.3 Å². The highest BCUT2D eigenvalue weighted by Crippen LogP contribution is 2.30. The number of carbonyl (C=O) groups is 6. The molecule has 3 heterocycles. The van der Waals surface area contributed by atoms with E-state index in [2.05, 4.69) is 20.4 Å². The predicted molar refractivity (Wildman–Crippen MR) is 264 cm³/mol. The number of nitrogens with zero attached hydrogens (tertiary/aromatic N) is 8. The Kier molecular flexibility index (Phi) is 21.2. The van der Waals surface area contributed by atoms with Crippen LogP contribution in [-0.4, -0.2) is 168 Å². The van der Waals surface area contributed by atoms with Gasteiger partial charge in [-0.1, -0.05) is 90.4 Å². The van der Waals surface area contributed by atoms with Gasteiger partial charge in [-0.15, -0.1) is 5.10 Å². The van der Waals surface area contributed by atoms with Crippen LogP contribution in [0.3, 0.4) is 0 Å². The number of sulfonamides is 1. The number of imide groups is 1. The number of likely N-dealkylation sites (tertiary alicyclic amines) is 1. The van der Waals surface area contributed by atoms with Crippen molar-refractivity contribution in [1.29, 1.82) is 0 Å². The fraction of sp³-hybridized carbons (Fsp3) is 0.653. The average Bonchev–Trinajstić information content (AvgIpc) is 4.06. The van der Waals surface area contributed by atoms with Crippen molar-refractivity contribution in [2.75, 3.05) is 47.7 Å². The molecule has 20 nitrogen and oxygen atoms in total. The first-order valence-electron chi connectivity index (χ1n) is 24.2. The van der Waals surface area contributed by atoms with Crippen molar-refractivity contribution in [1.82, 2.24) is 44.6 Å². The summed E-state index contributed by atoms with van der Waals surface area (Å²) in [6, 6.07) is 5.95. The van der Waals surface area contributed by atoms with Crippen LogP contribution < -0.4 is 10.0 Å². The lowest BCUT2D eigenvalue weighted by Gasteiger charge is -2.40. The molecule has 21 heteroatoms. The highest BCUT2D eigenvalue weighted by molar-refractivity contribution is 7.90. The molecule has 8 atom stereocenters. The first-order valence-corrected chi connectivity index (χ1v) is 25.9. The summed E-state index contributed by atoms with van der Waals surface area (Å²) < 4.78 is 42.1. The molecule has 0 spiro atoms. The van der Waals surface area contributed by atoms with Crippen LogP contribution >= 0.6 is 0 Å². The van der Waals surface area contributed by atoms with Crippen LogP contribution in [0, 0.1) is 23.7 Å². The van der Waals surface area contributed by atoms with Crippen LogP contribution in [-0.2, 0) is 67.8 Å². The fourth-order valence-corrected chi connectivity index (χ4v) is 10.3. The molecule has 1 unspecified atom stereocenters. The zero-order valence-corrected chi connectivity index (χ0v) is 43.8. The van der Waals surface area contributed by atoms with E-state index in [4.69, 9.17) is 14.5 Å². The Balaban J connectivity index is 1.45.